The summed E-state index contributed by atoms with van der Waals surface area (Å²) in [5, 5.41) is 1.00. The Labute approximate surface area is 143 Å². The number of thiol groups is 2. The van der Waals surface area contributed by atoms with E-state index in [9.17, 15) is 0 Å². The molecule has 0 bridgehead atoms. The summed E-state index contributed by atoms with van der Waals surface area (Å²) >= 11 is 14.0. The number of aromatic nitrogens is 3. The number of anilines is 2. The van der Waals surface area contributed by atoms with Gasteiger partial charge in [0.25, 0.3) is 0 Å². The van der Waals surface area contributed by atoms with Crippen LogP contribution in [0.4, 0.5) is 11.9 Å². The van der Waals surface area contributed by atoms with Gasteiger partial charge in [-0.25, -0.2) is 0 Å². The van der Waals surface area contributed by atoms with E-state index >= 15 is 0 Å². The van der Waals surface area contributed by atoms with Crippen molar-refractivity contribution in [3.63, 3.8) is 0 Å². The highest BCUT2D eigenvalue weighted by Crippen LogP contribution is 2.30. The molecule has 0 saturated carbocycles. The molecule has 10 heteroatoms. The van der Waals surface area contributed by atoms with Crippen LogP contribution in [-0.2, 0) is 0 Å². The van der Waals surface area contributed by atoms with Gasteiger partial charge < -0.3 is 11.5 Å². The second-order valence-electron chi connectivity index (χ2n) is 3.94. The molecule has 1 heterocycles. The van der Waals surface area contributed by atoms with Crippen molar-refractivity contribution in [2.45, 2.75) is 33.4 Å². The summed E-state index contributed by atoms with van der Waals surface area (Å²) in [6.45, 7) is 4.14. The van der Waals surface area contributed by atoms with Gasteiger partial charge in [0, 0.05) is 25.9 Å². The van der Waals surface area contributed by atoms with E-state index in [0.717, 1.165) is 11.5 Å². The van der Waals surface area contributed by atoms with Crippen molar-refractivity contribution in [2.24, 2.45) is 0 Å². The van der Waals surface area contributed by atoms with Crippen molar-refractivity contribution in [2.75, 3.05) is 23.0 Å². The van der Waals surface area contributed by atoms with E-state index in [2.05, 4.69) is 54.1 Å². The Balaban J connectivity index is 2.55. The highest BCUT2D eigenvalue weighted by atomic mass is 32.2. The van der Waals surface area contributed by atoms with Gasteiger partial charge in [-0.2, -0.15) is 40.2 Å². The molecule has 114 valence electrons. The summed E-state index contributed by atoms with van der Waals surface area (Å²) < 4.78 is 0.603. The van der Waals surface area contributed by atoms with Crippen molar-refractivity contribution >= 4 is 72.4 Å². The van der Waals surface area contributed by atoms with Crippen LogP contribution in [0.5, 0.6) is 0 Å². The van der Waals surface area contributed by atoms with Crippen LogP contribution < -0.4 is 11.5 Å². The Morgan fingerprint density at radius 2 is 1.60 bits per heavy atom. The largest absolute Gasteiger partial charge is 0.368 e. The van der Waals surface area contributed by atoms with E-state index in [1.54, 1.807) is 0 Å². The van der Waals surface area contributed by atoms with Gasteiger partial charge >= 0.3 is 0 Å². The predicted octanol–water partition coefficient (Wildman–Crippen LogP) is 2.51. The third kappa shape index (κ3) is 7.96. The fourth-order valence-corrected chi connectivity index (χ4v) is 5.20. The molecule has 0 spiro atoms. The lowest BCUT2D eigenvalue weighted by Gasteiger charge is -2.18. The van der Waals surface area contributed by atoms with E-state index in [0.29, 0.717) is 15.0 Å². The Hall–Kier alpha value is 0.360. The first-order valence-electron chi connectivity index (χ1n) is 5.90. The zero-order valence-corrected chi connectivity index (χ0v) is 15.5. The third-order valence-corrected chi connectivity index (χ3v) is 6.39. The minimum absolute atomic E-state index is 0.158. The number of rotatable bonds is 8. The first-order chi connectivity index (χ1) is 9.36. The van der Waals surface area contributed by atoms with Gasteiger partial charge in [-0.1, -0.05) is 11.8 Å². The molecule has 0 aliphatic heterocycles. The van der Waals surface area contributed by atoms with Gasteiger partial charge in [0.15, 0.2) is 5.16 Å². The molecule has 1 aromatic rings. The van der Waals surface area contributed by atoms with Gasteiger partial charge in [0.2, 0.25) is 11.9 Å². The molecule has 5 nitrogen and oxygen atoms in total. The Morgan fingerprint density at radius 3 is 2.10 bits per heavy atom. The molecule has 3 atom stereocenters. The van der Waals surface area contributed by atoms with E-state index in [4.69, 9.17) is 11.5 Å². The highest BCUT2D eigenvalue weighted by molar-refractivity contribution is 8.13. The van der Waals surface area contributed by atoms with E-state index < -0.39 is 0 Å². The second-order valence-corrected chi connectivity index (χ2v) is 10.2. The molecule has 0 aliphatic carbocycles. The second kappa shape index (κ2) is 9.39. The molecule has 20 heavy (non-hydrogen) atoms. The molecule has 0 fully saturated rings. The van der Waals surface area contributed by atoms with E-state index in [1.165, 1.54) is 11.8 Å². The molecule has 4 N–H and O–H groups in total. The number of nitrogens with zero attached hydrogens (tertiary/aromatic N) is 3. The fraction of sp³-hybridized carbons (Fsp3) is 0.700. The molecule has 0 aromatic carbocycles. The standard InChI is InChI=1S/C10H19N5S5/c1-5(16)18-3-7(20-6(2)17)4-19-10-14-8(11)13-9(12)15-10/h5-7,16-17H,3-4H2,1-2H3,(H4,11,12,13,14,15). The summed E-state index contributed by atoms with van der Waals surface area (Å²) in [6.07, 6.45) is 0. The molecular formula is C10H19N5S5. The number of thioether (sulfide) groups is 3. The van der Waals surface area contributed by atoms with Crippen LogP contribution in [-0.4, -0.2) is 40.9 Å². The third-order valence-electron chi connectivity index (χ3n) is 1.96. The molecule has 0 amide bonds. The zero-order valence-electron chi connectivity index (χ0n) is 11.3. The van der Waals surface area contributed by atoms with E-state index in [1.807, 2.05) is 23.5 Å². The minimum atomic E-state index is 0.158. The Kier molecular flexibility index (Phi) is 8.64. The number of hydrogen-bond acceptors (Lipinski definition) is 10. The minimum Gasteiger partial charge on any atom is -0.368 e. The van der Waals surface area contributed by atoms with Crippen LogP contribution in [0, 0.1) is 0 Å². The number of nitrogens with two attached hydrogens (primary N) is 2. The average molecular weight is 370 g/mol. The van der Waals surface area contributed by atoms with Crippen LogP contribution in [0.25, 0.3) is 0 Å². The molecule has 1 rings (SSSR count). The maximum absolute atomic E-state index is 5.56. The van der Waals surface area contributed by atoms with Crippen LogP contribution in [0.3, 0.4) is 0 Å². The van der Waals surface area contributed by atoms with Crippen LogP contribution in [0.1, 0.15) is 13.8 Å². The smallest absolute Gasteiger partial charge is 0.225 e. The van der Waals surface area contributed by atoms with Crippen molar-refractivity contribution in [3.8, 4) is 0 Å². The average Bonchev–Trinajstić information content (AvgIpc) is 2.30. The summed E-state index contributed by atoms with van der Waals surface area (Å²) in [5.74, 6) is 2.19. The lowest BCUT2D eigenvalue weighted by molar-refractivity contribution is 0.927. The molecule has 1 aromatic heterocycles. The maximum Gasteiger partial charge on any atom is 0.225 e. The van der Waals surface area contributed by atoms with Gasteiger partial charge in [-0.05, 0) is 13.8 Å². The van der Waals surface area contributed by atoms with Gasteiger partial charge in [-0.3, -0.25) is 0 Å². The lowest BCUT2D eigenvalue weighted by atomic mass is 10.5. The first kappa shape index (κ1) is 18.4. The van der Waals surface area contributed by atoms with Crippen molar-refractivity contribution < 1.29 is 0 Å². The van der Waals surface area contributed by atoms with E-state index in [-0.39, 0.29) is 16.5 Å². The molecule has 0 saturated heterocycles. The fourth-order valence-electron chi connectivity index (χ4n) is 1.27. The summed E-state index contributed by atoms with van der Waals surface area (Å²) in [4.78, 5) is 11.9. The summed E-state index contributed by atoms with van der Waals surface area (Å²) in [7, 11) is 0. The molecule has 3 unspecified atom stereocenters. The maximum atomic E-state index is 5.56. The topological polar surface area (TPSA) is 90.7 Å². The molecular weight excluding hydrogens is 350 g/mol. The van der Waals surface area contributed by atoms with Crippen LogP contribution >= 0.6 is 60.5 Å². The van der Waals surface area contributed by atoms with Crippen LogP contribution in [0.2, 0.25) is 0 Å². The SMILES string of the molecule is CC(S)SCC(CSc1nc(N)nc(N)n1)SC(C)S. The quantitative estimate of drug-likeness (QED) is 0.316. The number of nitrogen functional groups attached to an aromatic ring is 2. The Bertz CT molecular complexity index is 397. The van der Waals surface area contributed by atoms with Crippen LogP contribution in [0.15, 0.2) is 5.16 Å². The van der Waals surface area contributed by atoms with Crippen molar-refractivity contribution in [1.29, 1.82) is 0 Å². The van der Waals surface area contributed by atoms with Crippen molar-refractivity contribution in [1.82, 2.24) is 15.0 Å². The normalized spacial score (nSPS) is 15.8. The monoisotopic (exact) mass is 369 g/mol. The van der Waals surface area contributed by atoms with Gasteiger partial charge in [0.1, 0.15) is 0 Å². The first-order valence-corrected chi connectivity index (χ1v) is 9.91. The predicted molar refractivity (Wildman–Crippen MR) is 100 cm³/mol. The number of hydrogen-bond donors (Lipinski definition) is 4. The van der Waals surface area contributed by atoms with Crippen molar-refractivity contribution in [3.05, 3.63) is 0 Å². The van der Waals surface area contributed by atoms with Gasteiger partial charge in [-0.15, -0.1) is 23.5 Å². The Morgan fingerprint density at radius 1 is 1.00 bits per heavy atom. The molecule has 0 aliphatic rings. The lowest BCUT2D eigenvalue weighted by Crippen LogP contribution is -2.14. The summed E-state index contributed by atoms with van der Waals surface area (Å²) in [6, 6.07) is 0. The van der Waals surface area contributed by atoms with Gasteiger partial charge in [0.05, 0.1) is 0 Å². The molecule has 0 radical (unpaired) electrons. The zero-order chi connectivity index (χ0) is 15.1. The summed E-state index contributed by atoms with van der Waals surface area (Å²) in [5.41, 5.74) is 11.1. The highest BCUT2D eigenvalue weighted by Gasteiger charge is 2.15.